The Morgan fingerprint density at radius 1 is 1.64 bits per heavy atom. The van der Waals surface area contributed by atoms with Crippen LogP contribution in [0.5, 0.6) is 0 Å². The summed E-state index contributed by atoms with van der Waals surface area (Å²) in [5, 5.41) is 3.79. The number of nitrogens with zero attached hydrogens (tertiary/aromatic N) is 1. The molecule has 1 fully saturated rings. The van der Waals surface area contributed by atoms with Crippen LogP contribution >= 0.6 is 0 Å². The normalized spacial score (nSPS) is 23.7. The SMILES string of the molecule is CNNC1CCC[N-]C1=O.[Rf]. The van der Waals surface area contributed by atoms with E-state index in [2.05, 4.69) is 16.2 Å². The zero-order valence-corrected chi connectivity index (χ0v) is 13.2. The molecule has 5 heteroatoms. The summed E-state index contributed by atoms with van der Waals surface area (Å²) in [6.45, 7) is 0.695. The molecule has 1 heterocycles. The second kappa shape index (κ2) is 4.24. The number of rotatable bonds is 2. The minimum Gasteiger partial charge on any atom is -0.652 e. The van der Waals surface area contributed by atoms with Gasteiger partial charge in [-0.2, -0.15) is 0 Å². The van der Waals surface area contributed by atoms with Crippen molar-refractivity contribution in [2.45, 2.75) is 18.9 Å². The Morgan fingerprint density at radius 2 is 2.36 bits per heavy atom. The van der Waals surface area contributed by atoms with Gasteiger partial charge in [0, 0.05) is 0 Å². The van der Waals surface area contributed by atoms with E-state index in [1.807, 2.05) is 0 Å². The maximum atomic E-state index is 10.9. The van der Waals surface area contributed by atoms with Crippen molar-refractivity contribution in [3.8, 4) is 0 Å². The van der Waals surface area contributed by atoms with Crippen LogP contribution in [0, 0.1) is 0 Å². The molecule has 0 aromatic heterocycles. The number of hydrazine groups is 1. The van der Waals surface area contributed by atoms with Gasteiger partial charge in [-0.25, -0.2) is 5.43 Å². The van der Waals surface area contributed by atoms with E-state index < -0.39 is 0 Å². The second-order valence-electron chi connectivity index (χ2n) is 2.31. The molecule has 0 saturated carbocycles. The van der Waals surface area contributed by atoms with Crippen molar-refractivity contribution >= 4 is 5.91 Å². The fraction of sp³-hybridized carbons (Fsp3) is 0.833. The van der Waals surface area contributed by atoms with E-state index in [1.54, 1.807) is 7.05 Å². The summed E-state index contributed by atoms with van der Waals surface area (Å²) in [6.07, 6.45) is 1.90. The van der Waals surface area contributed by atoms with Gasteiger partial charge < -0.3 is 10.1 Å². The third kappa shape index (κ3) is 2.23. The number of hydrogen-bond donors (Lipinski definition) is 2. The summed E-state index contributed by atoms with van der Waals surface area (Å²) < 4.78 is 0. The van der Waals surface area contributed by atoms with Crippen LogP contribution in [-0.4, -0.2) is 25.5 Å². The minimum atomic E-state index is -0.0984. The average Bonchev–Trinajstić information content (AvgIpc) is 1.94. The molecule has 1 saturated heterocycles. The van der Waals surface area contributed by atoms with Gasteiger partial charge in [-0.1, -0.05) is 6.42 Å². The molecule has 1 aliphatic rings. The predicted molar refractivity (Wildman–Crippen MR) is 38.5 cm³/mol. The van der Waals surface area contributed by atoms with Gasteiger partial charge in [0.05, 0.1) is 11.9 Å². The van der Waals surface area contributed by atoms with E-state index in [0.717, 1.165) is 12.8 Å². The molecular weight excluding hydrogens is 397 g/mol. The Hall–Kier alpha value is -1.61. The maximum Gasteiger partial charge on any atom is 0.0698 e. The van der Waals surface area contributed by atoms with Gasteiger partial charge in [-0.3, -0.25) is 5.43 Å². The third-order valence-electron chi connectivity index (χ3n) is 1.54. The molecule has 0 bridgehead atoms. The van der Waals surface area contributed by atoms with E-state index in [4.69, 9.17) is 0 Å². The summed E-state index contributed by atoms with van der Waals surface area (Å²) in [4.78, 5) is 10.9. The number of hydrogen-bond acceptors (Lipinski definition) is 3. The zero-order valence-electron chi connectivity index (χ0n) is 6.76. The maximum absolute atomic E-state index is 10.9. The summed E-state index contributed by atoms with van der Waals surface area (Å²) in [6, 6.07) is -0.0984. The predicted octanol–water partition coefficient (Wildman–Crippen LogP) is -0.227. The average molecular weight is 409 g/mol. The Morgan fingerprint density at radius 3 is 2.91 bits per heavy atom. The summed E-state index contributed by atoms with van der Waals surface area (Å²) in [5.74, 6) is -0.0272. The van der Waals surface area contributed by atoms with Gasteiger partial charge >= 0.3 is 0 Å². The van der Waals surface area contributed by atoms with Crippen molar-refractivity contribution in [3.05, 3.63) is 5.32 Å². The molecule has 2 N–H and O–H groups in total. The molecule has 0 radical (unpaired) electrons. The molecule has 0 aliphatic carbocycles. The summed E-state index contributed by atoms with van der Waals surface area (Å²) in [5.41, 5.74) is 5.58. The summed E-state index contributed by atoms with van der Waals surface area (Å²) >= 11 is 0. The van der Waals surface area contributed by atoms with Crippen molar-refractivity contribution in [2.75, 3.05) is 13.6 Å². The fourth-order valence-corrected chi connectivity index (χ4v) is 1.03. The Labute approximate surface area is 60.3 Å². The van der Waals surface area contributed by atoms with Crippen LogP contribution in [-0.2, 0) is 4.79 Å². The largest absolute Gasteiger partial charge is 0.652 e. The fourth-order valence-electron chi connectivity index (χ4n) is 1.03. The Bertz CT molecular complexity index is 129. The van der Waals surface area contributed by atoms with Crippen LogP contribution < -0.4 is 10.9 Å². The van der Waals surface area contributed by atoms with Gasteiger partial charge in [0.15, 0.2) is 0 Å². The van der Waals surface area contributed by atoms with Gasteiger partial charge in [-0.05, 0) is 13.5 Å². The zero-order chi connectivity index (χ0) is 7.40. The van der Waals surface area contributed by atoms with E-state index in [9.17, 15) is 4.79 Å². The summed E-state index contributed by atoms with van der Waals surface area (Å²) in [7, 11) is 1.75. The molecule has 60 valence electrons. The topological polar surface area (TPSA) is 55.2 Å². The number of piperidine rings is 1. The molecule has 0 aromatic carbocycles. The third-order valence-corrected chi connectivity index (χ3v) is 1.54. The quantitative estimate of drug-likeness (QED) is 0.620. The first-order chi connectivity index (χ1) is 4.84. The molecule has 1 rings (SSSR count). The molecule has 1 unspecified atom stereocenters. The molecule has 1 amide bonds. The van der Waals surface area contributed by atoms with Crippen molar-refractivity contribution in [1.29, 1.82) is 0 Å². The van der Waals surface area contributed by atoms with E-state index >= 15 is 0 Å². The van der Waals surface area contributed by atoms with Crippen LogP contribution in [0.4, 0.5) is 0 Å². The first-order valence-corrected chi connectivity index (χ1v) is 3.48. The standard InChI is InChI=1S/C6H13N3O.Rf/c1-7-9-5-3-2-4-8-6(5)10;/h5,7,9H,2-4H2,1H3,(H,8,10);/p-1. The van der Waals surface area contributed by atoms with E-state index in [-0.39, 0.29) is 11.9 Å². The van der Waals surface area contributed by atoms with Crippen molar-refractivity contribution in [3.63, 3.8) is 0 Å². The van der Waals surface area contributed by atoms with Gasteiger partial charge in [0.2, 0.25) is 0 Å². The molecular formula is C6H12N3ORf-. The van der Waals surface area contributed by atoms with Crippen LogP contribution in [0.25, 0.3) is 5.32 Å². The second-order valence-corrected chi connectivity index (χ2v) is 2.31. The van der Waals surface area contributed by atoms with Crippen LogP contribution in [0.15, 0.2) is 0 Å². The molecule has 11 heavy (non-hydrogen) atoms. The van der Waals surface area contributed by atoms with Gasteiger partial charge in [0.25, 0.3) is 0 Å². The Kier molecular flexibility index (Phi) is 3.62. The van der Waals surface area contributed by atoms with Gasteiger partial charge in [0.1, 0.15) is 0 Å². The minimum absolute atomic E-state index is 0. The van der Waals surface area contributed by atoms with Crippen LogP contribution in [0.3, 0.4) is 0 Å². The number of carbonyl (C=O) groups excluding carboxylic acids is 1. The Balaban J connectivity index is 0.000001000. The van der Waals surface area contributed by atoms with Crippen molar-refractivity contribution < 1.29 is 4.79 Å². The molecule has 1 atom stereocenters. The molecule has 1 aliphatic heterocycles. The first-order valence-electron chi connectivity index (χ1n) is 3.48. The van der Waals surface area contributed by atoms with Crippen molar-refractivity contribution in [1.82, 2.24) is 10.9 Å². The molecule has 0 spiro atoms. The number of amides is 1. The number of nitrogens with one attached hydrogen (secondary N) is 2. The van der Waals surface area contributed by atoms with E-state index in [1.165, 1.54) is 0 Å². The molecule has 4 nitrogen and oxygen atoms in total. The van der Waals surface area contributed by atoms with Gasteiger partial charge in [-0.15, -0.1) is 6.54 Å². The van der Waals surface area contributed by atoms with Crippen molar-refractivity contribution in [2.24, 2.45) is 0 Å². The van der Waals surface area contributed by atoms with Crippen LogP contribution in [0.2, 0.25) is 0 Å². The monoisotopic (exact) mass is 409 g/mol. The van der Waals surface area contributed by atoms with Crippen LogP contribution in [0.1, 0.15) is 12.8 Å². The smallest absolute Gasteiger partial charge is 0.0698 e. The first kappa shape index (κ1) is 9.39. The number of carbonyl (C=O) groups is 1. The van der Waals surface area contributed by atoms with E-state index in [0.29, 0.717) is 6.54 Å². The molecule has 0 aromatic rings.